The zero-order valence-corrected chi connectivity index (χ0v) is 11.6. The van der Waals surface area contributed by atoms with Gasteiger partial charge in [-0.1, -0.05) is 0 Å². The van der Waals surface area contributed by atoms with Crippen LogP contribution in [0.1, 0.15) is 11.1 Å². The van der Waals surface area contributed by atoms with Gasteiger partial charge in [-0.3, -0.25) is 0 Å². The second-order valence-electron chi connectivity index (χ2n) is 4.65. The van der Waals surface area contributed by atoms with E-state index in [1.807, 2.05) is 0 Å². The minimum absolute atomic E-state index is 0.466. The molecule has 0 saturated heterocycles. The molecule has 0 aromatic heterocycles. The van der Waals surface area contributed by atoms with Gasteiger partial charge in [0.1, 0.15) is 0 Å². The summed E-state index contributed by atoms with van der Waals surface area (Å²) in [7, 11) is 0. The first kappa shape index (κ1) is 10.4. The van der Waals surface area contributed by atoms with Crippen LogP contribution < -0.4 is 8.92 Å². The zero-order chi connectivity index (χ0) is 11.9. The zero-order valence-electron chi connectivity index (χ0n) is 9.89. The van der Waals surface area contributed by atoms with E-state index >= 15 is 0 Å². The van der Waals surface area contributed by atoms with Crippen molar-refractivity contribution in [2.24, 2.45) is 0 Å². The van der Waals surface area contributed by atoms with Gasteiger partial charge in [-0.25, -0.2) is 0 Å². The van der Waals surface area contributed by atoms with E-state index in [2.05, 4.69) is 60.7 Å². The van der Waals surface area contributed by atoms with Crippen molar-refractivity contribution in [1.82, 2.24) is 0 Å². The summed E-state index contributed by atoms with van der Waals surface area (Å²) in [5.41, 5.74) is 3.06. The molecule has 0 nitrogen and oxygen atoms in total. The van der Waals surface area contributed by atoms with Crippen LogP contribution in [0.2, 0.25) is 0 Å². The quantitative estimate of drug-likeness (QED) is 0.437. The van der Waals surface area contributed by atoms with Gasteiger partial charge in [0.2, 0.25) is 0 Å². The third-order valence-electron chi connectivity index (χ3n) is 3.56. The van der Waals surface area contributed by atoms with Gasteiger partial charge >= 0.3 is 113 Å². The number of benzene rings is 3. The molecular weight excluding hydrogens is 283 g/mol. The van der Waals surface area contributed by atoms with Crippen molar-refractivity contribution in [3.63, 3.8) is 0 Å². The molecule has 0 aliphatic carbocycles. The summed E-state index contributed by atoms with van der Waals surface area (Å²) < 4.78 is 3.10. The normalized spacial score (nSPS) is 13.1. The molecule has 0 atom stereocenters. The molecule has 0 saturated carbocycles. The molecule has 18 heavy (non-hydrogen) atoms. The van der Waals surface area contributed by atoms with Gasteiger partial charge in [0.25, 0.3) is 0 Å². The molecule has 0 N–H and O–H groups in total. The number of hydrogen-bond acceptors (Lipinski definition) is 0. The predicted molar refractivity (Wildman–Crippen MR) is 78.2 cm³/mol. The van der Waals surface area contributed by atoms with E-state index in [-0.39, 0.29) is 0 Å². The molecule has 3 aromatic rings. The van der Waals surface area contributed by atoms with E-state index in [9.17, 15) is 0 Å². The van der Waals surface area contributed by atoms with Crippen molar-refractivity contribution in [3.8, 4) is 0 Å². The van der Waals surface area contributed by atoms with Gasteiger partial charge in [-0.2, -0.15) is 0 Å². The Labute approximate surface area is 113 Å². The van der Waals surface area contributed by atoms with E-state index in [1.54, 1.807) is 14.5 Å². The molecule has 3 aromatic carbocycles. The van der Waals surface area contributed by atoms with E-state index in [1.165, 1.54) is 16.3 Å². The topological polar surface area (TPSA) is 0 Å². The van der Waals surface area contributed by atoms with Crippen LogP contribution in [0.3, 0.4) is 0 Å². The summed E-state index contributed by atoms with van der Waals surface area (Å²) in [4.78, 5) is 0. The van der Waals surface area contributed by atoms with E-state index in [0.29, 0.717) is 15.0 Å². The van der Waals surface area contributed by atoms with Crippen LogP contribution in [0.25, 0.3) is 10.8 Å². The maximum absolute atomic E-state index is 2.33. The molecule has 0 spiro atoms. The molecule has 1 aliphatic rings. The standard InChI is InChI=1S/C17H12Se/c1-3-7-14-12(5-1)9-10-17-15(14)11-13-6-2-4-8-16(13)18-17/h1-10H,11H2. The first-order chi connectivity index (χ1) is 8.92. The van der Waals surface area contributed by atoms with Crippen molar-refractivity contribution in [1.29, 1.82) is 0 Å². The second-order valence-corrected chi connectivity index (χ2v) is 6.92. The average molecular weight is 295 g/mol. The molecule has 0 bridgehead atoms. The molecular formula is C17H12Se. The van der Waals surface area contributed by atoms with Crippen LogP contribution in [-0.2, 0) is 6.42 Å². The van der Waals surface area contributed by atoms with Crippen LogP contribution in [-0.4, -0.2) is 15.0 Å². The predicted octanol–water partition coefficient (Wildman–Crippen LogP) is 2.40. The molecule has 1 heterocycles. The van der Waals surface area contributed by atoms with Crippen LogP contribution in [0.15, 0.2) is 60.7 Å². The maximum atomic E-state index is 2.33. The minimum atomic E-state index is 0.466. The van der Waals surface area contributed by atoms with Gasteiger partial charge in [0.15, 0.2) is 0 Å². The Balaban J connectivity index is 1.98. The average Bonchev–Trinajstić information content (AvgIpc) is 2.45. The Morgan fingerprint density at radius 1 is 0.722 bits per heavy atom. The third-order valence-corrected chi connectivity index (χ3v) is 6.12. The fourth-order valence-corrected chi connectivity index (χ4v) is 4.95. The van der Waals surface area contributed by atoms with Crippen LogP contribution in [0.4, 0.5) is 0 Å². The molecule has 1 heteroatoms. The fraction of sp³-hybridized carbons (Fsp3) is 0.0588. The van der Waals surface area contributed by atoms with E-state index < -0.39 is 0 Å². The molecule has 0 unspecified atom stereocenters. The summed E-state index contributed by atoms with van der Waals surface area (Å²) in [5, 5.41) is 2.80. The van der Waals surface area contributed by atoms with Gasteiger partial charge < -0.3 is 0 Å². The van der Waals surface area contributed by atoms with Crippen molar-refractivity contribution in [2.75, 3.05) is 0 Å². The fourth-order valence-electron chi connectivity index (χ4n) is 2.65. The van der Waals surface area contributed by atoms with Gasteiger partial charge in [-0.05, 0) is 0 Å². The number of fused-ring (bicyclic) bond motifs is 4. The first-order valence-corrected chi connectivity index (χ1v) is 7.89. The van der Waals surface area contributed by atoms with Crippen LogP contribution in [0.5, 0.6) is 0 Å². The summed E-state index contributed by atoms with van der Waals surface area (Å²) in [6, 6.07) is 22.2. The van der Waals surface area contributed by atoms with E-state index in [0.717, 1.165) is 6.42 Å². The Bertz CT molecular complexity index is 743. The summed E-state index contributed by atoms with van der Waals surface area (Å²) >= 11 is 0.466. The molecule has 1 aliphatic heterocycles. The Morgan fingerprint density at radius 2 is 1.56 bits per heavy atom. The van der Waals surface area contributed by atoms with Crippen LogP contribution in [0, 0.1) is 0 Å². The summed E-state index contributed by atoms with van der Waals surface area (Å²) in [6.45, 7) is 0. The summed E-state index contributed by atoms with van der Waals surface area (Å²) in [5.74, 6) is 0. The third kappa shape index (κ3) is 1.52. The van der Waals surface area contributed by atoms with Gasteiger partial charge in [-0.15, -0.1) is 0 Å². The molecule has 86 valence electrons. The van der Waals surface area contributed by atoms with Crippen molar-refractivity contribution >= 4 is 34.7 Å². The second kappa shape index (κ2) is 3.98. The van der Waals surface area contributed by atoms with Gasteiger partial charge in [0.05, 0.1) is 0 Å². The molecule has 4 rings (SSSR count). The van der Waals surface area contributed by atoms with Crippen molar-refractivity contribution in [2.45, 2.75) is 6.42 Å². The van der Waals surface area contributed by atoms with Crippen molar-refractivity contribution in [3.05, 3.63) is 71.8 Å². The molecule has 0 radical (unpaired) electrons. The van der Waals surface area contributed by atoms with Crippen LogP contribution >= 0.6 is 0 Å². The van der Waals surface area contributed by atoms with Gasteiger partial charge in [0, 0.05) is 0 Å². The Kier molecular flexibility index (Phi) is 2.29. The summed E-state index contributed by atoms with van der Waals surface area (Å²) in [6.07, 6.45) is 1.09. The Hall–Kier alpha value is -1.56. The SMILES string of the molecule is c1ccc2c(c1)Cc1c(ccc3ccccc13)[Se]2. The van der Waals surface area contributed by atoms with Crippen molar-refractivity contribution < 1.29 is 0 Å². The number of hydrogen-bond donors (Lipinski definition) is 0. The molecule has 0 fully saturated rings. The Morgan fingerprint density at radius 3 is 2.56 bits per heavy atom. The monoisotopic (exact) mass is 296 g/mol. The van der Waals surface area contributed by atoms with E-state index in [4.69, 9.17) is 0 Å². The molecule has 0 amide bonds. The number of rotatable bonds is 0. The first-order valence-electron chi connectivity index (χ1n) is 6.18.